The van der Waals surface area contributed by atoms with Gasteiger partial charge in [-0.1, -0.05) is 29.5 Å². The van der Waals surface area contributed by atoms with Crippen LogP contribution in [0.5, 0.6) is 5.75 Å². The van der Waals surface area contributed by atoms with E-state index in [0.717, 1.165) is 16.6 Å². The van der Waals surface area contributed by atoms with Crippen LogP contribution in [-0.2, 0) is 6.54 Å². The van der Waals surface area contributed by atoms with Crippen LogP contribution in [0.15, 0.2) is 72.8 Å². The van der Waals surface area contributed by atoms with Crippen LogP contribution in [0.3, 0.4) is 0 Å². The van der Waals surface area contributed by atoms with Crippen molar-refractivity contribution in [2.24, 2.45) is 0 Å². The Kier molecular flexibility index (Phi) is 5.89. The third-order valence-electron chi connectivity index (χ3n) is 4.69. The minimum atomic E-state index is -0.411. The molecule has 8 nitrogen and oxygen atoms in total. The maximum Gasteiger partial charge on any atom is 0.269 e. The van der Waals surface area contributed by atoms with E-state index in [1.807, 2.05) is 48.0 Å². The number of hydrogen-bond acceptors (Lipinski definition) is 5. The number of amides is 2. The molecule has 0 saturated carbocycles. The normalized spacial score (nSPS) is 10.6. The largest absolute Gasteiger partial charge is 0.494 e. The molecule has 4 aromatic rings. The Balaban J connectivity index is 1.34. The van der Waals surface area contributed by atoms with Gasteiger partial charge in [-0.2, -0.15) is 0 Å². The van der Waals surface area contributed by atoms with Gasteiger partial charge in [0.15, 0.2) is 0 Å². The second kappa shape index (κ2) is 9.08. The summed E-state index contributed by atoms with van der Waals surface area (Å²) >= 11 is 0. The van der Waals surface area contributed by atoms with E-state index in [0.29, 0.717) is 30.0 Å². The first-order valence-corrected chi connectivity index (χ1v) is 9.85. The van der Waals surface area contributed by atoms with Crippen LogP contribution in [0.1, 0.15) is 33.2 Å². The Morgan fingerprint density at radius 3 is 2.13 bits per heavy atom. The van der Waals surface area contributed by atoms with E-state index in [-0.39, 0.29) is 0 Å². The van der Waals surface area contributed by atoms with Crippen LogP contribution >= 0.6 is 0 Å². The van der Waals surface area contributed by atoms with Gasteiger partial charge in [0.05, 0.1) is 18.7 Å². The summed E-state index contributed by atoms with van der Waals surface area (Å²) in [6, 6.07) is 21.5. The summed E-state index contributed by atoms with van der Waals surface area (Å²) in [6.45, 7) is 2.98. The maximum absolute atomic E-state index is 12.3. The Morgan fingerprint density at radius 1 is 0.871 bits per heavy atom. The van der Waals surface area contributed by atoms with Gasteiger partial charge in [-0.15, -0.1) is 5.10 Å². The Labute approximate surface area is 178 Å². The lowest BCUT2D eigenvalue weighted by Gasteiger charge is -2.09. The molecule has 0 aliphatic heterocycles. The monoisotopic (exact) mass is 415 g/mol. The summed E-state index contributed by atoms with van der Waals surface area (Å²) in [5.74, 6) is -0.134. The topological polar surface area (TPSA) is 98.1 Å². The van der Waals surface area contributed by atoms with Crippen molar-refractivity contribution in [1.82, 2.24) is 25.8 Å². The van der Waals surface area contributed by atoms with Gasteiger partial charge in [0.2, 0.25) is 0 Å². The number of rotatable bonds is 6. The number of fused-ring (bicyclic) bond motifs is 1. The summed E-state index contributed by atoms with van der Waals surface area (Å²) in [4.78, 5) is 24.6. The van der Waals surface area contributed by atoms with Gasteiger partial charge >= 0.3 is 0 Å². The summed E-state index contributed by atoms with van der Waals surface area (Å²) in [5.41, 5.74) is 8.45. The molecule has 8 heteroatoms. The maximum atomic E-state index is 12.3. The van der Waals surface area contributed by atoms with Gasteiger partial charge in [0.25, 0.3) is 11.8 Å². The van der Waals surface area contributed by atoms with E-state index in [9.17, 15) is 9.59 Å². The number of nitrogens with one attached hydrogen (secondary N) is 2. The average Bonchev–Trinajstić information content (AvgIpc) is 3.21. The molecule has 0 aliphatic carbocycles. The molecule has 0 fully saturated rings. The number of hydrogen-bond donors (Lipinski definition) is 2. The van der Waals surface area contributed by atoms with Crippen LogP contribution in [0.25, 0.3) is 11.0 Å². The molecule has 1 aromatic heterocycles. The molecule has 0 bridgehead atoms. The second-order valence-corrected chi connectivity index (χ2v) is 6.80. The first kappa shape index (κ1) is 20.1. The fourth-order valence-electron chi connectivity index (χ4n) is 3.10. The molecule has 0 radical (unpaired) electrons. The van der Waals surface area contributed by atoms with Gasteiger partial charge in [0, 0.05) is 11.1 Å². The molecule has 3 aromatic carbocycles. The van der Waals surface area contributed by atoms with Crippen molar-refractivity contribution in [3.63, 3.8) is 0 Å². The van der Waals surface area contributed by atoms with Crippen molar-refractivity contribution in [2.45, 2.75) is 13.5 Å². The quantitative estimate of drug-likeness (QED) is 0.472. The molecule has 0 saturated heterocycles. The SMILES string of the molecule is CCOc1ccc(C(=O)NNC(=O)c2ccc(Cn3nnc4ccccc43)cc2)cc1. The van der Waals surface area contributed by atoms with Gasteiger partial charge in [-0.3, -0.25) is 20.4 Å². The lowest BCUT2D eigenvalue weighted by Crippen LogP contribution is -2.41. The van der Waals surface area contributed by atoms with E-state index >= 15 is 0 Å². The molecule has 0 spiro atoms. The zero-order chi connectivity index (χ0) is 21.6. The van der Waals surface area contributed by atoms with E-state index in [1.54, 1.807) is 36.4 Å². The molecule has 156 valence electrons. The fraction of sp³-hybridized carbons (Fsp3) is 0.130. The Hall–Kier alpha value is -4.20. The lowest BCUT2D eigenvalue weighted by molar-refractivity contribution is 0.0846. The first-order valence-electron chi connectivity index (χ1n) is 9.85. The third kappa shape index (κ3) is 4.69. The van der Waals surface area contributed by atoms with Gasteiger partial charge in [-0.05, 0) is 61.0 Å². The molecule has 2 N–H and O–H groups in total. The number of carbonyl (C=O) groups is 2. The highest BCUT2D eigenvalue weighted by molar-refractivity contribution is 5.99. The van der Waals surface area contributed by atoms with Crippen LogP contribution in [-0.4, -0.2) is 33.4 Å². The molecule has 2 amide bonds. The van der Waals surface area contributed by atoms with Crippen molar-refractivity contribution in [3.8, 4) is 5.75 Å². The minimum absolute atomic E-state index is 0.406. The number of nitrogens with zero attached hydrogens (tertiary/aromatic N) is 3. The summed E-state index contributed by atoms with van der Waals surface area (Å²) < 4.78 is 7.16. The average molecular weight is 415 g/mol. The molecular formula is C23H21N5O3. The summed E-state index contributed by atoms with van der Waals surface area (Å²) in [5, 5.41) is 8.32. The highest BCUT2D eigenvalue weighted by atomic mass is 16.5. The Morgan fingerprint density at radius 2 is 1.48 bits per heavy atom. The lowest BCUT2D eigenvalue weighted by atomic mass is 10.1. The van der Waals surface area contributed by atoms with Gasteiger partial charge in [0.1, 0.15) is 11.3 Å². The van der Waals surface area contributed by atoms with Crippen molar-refractivity contribution in [3.05, 3.63) is 89.5 Å². The number of carbonyl (C=O) groups excluding carboxylic acids is 2. The number of aromatic nitrogens is 3. The molecule has 1 heterocycles. The minimum Gasteiger partial charge on any atom is -0.494 e. The van der Waals surface area contributed by atoms with E-state index in [4.69, 9.17) is 4.74 Å². The van der Waals surface area contributed by atoms with Gasteiger partial charge in [-0.25, -0.2) is 4.68 Å². The van der Waals surface area contributed by atoms with Crippen LogP contribution in [0.4, 0.5) is 0 Å². The number of benzene rings is 3. The van der Waals surface area contributed by atoms with Crippen LogP contribution < -0.4 is 15.6 Å². The third-order valence-corrected chi connectivity index (χ3v) is 4.69. The fourth-order valence-corrected chi connectivity index (χ4v) is 3.10. The second-order valence-electron chi connectivity index (χ2n) is 6.80. The van der Waals surface area contributed by atoms with E-state index in [1.165, 1.54) is 0 Å². The molecule has 31 heavy (non-hydrogen) atoms. The van der Waals surface area contributed by atoms with Crippen LogP contribution in [0.2, 0.25) is 0 Å². The first-order chi connectivity index (χ1) is 15.1. The van der Waals surface area contributed by atoms with Crippen molar-refractivity contribution in [2.75, 3.05) is 6.61 Å². The zero-order valence-corrected chi connectivity index (χ0v) is 16.9. The molecule has 0 atom stereocenters. The number of hydrazine groups is 1. The molecular weight excluding hydrogens is 394 g/mol. The van der Waals surface area contributed by atoms with Crippen molar-refractivity contribution in [1.29, 1.82) is 0 Å². The smallest absolute Gasteiger partial charge is 0.269 e. The van der Waals surface area contributed by atoms with Crippen molar-refractivity contribution < 1.29 is 14.3 Å². The van der Waals surface area contributed by atoms with E-state index < -0.39 is 11.8 Å². The summed E-state index contributed by atoms with van der Waals surface area (Å²) in [7, 11) is 0. The zero-order valence-electron chi connectivity index (χ0n) is 16.9. The predicted molar refractivity (Wildman–Crippen MR) is 116 cm³/mol. The predicted octanol–water partition coefficient (Wildman–Crippen LogP) is 2.95. The van der Waals surface area contributed by atoms with Gasteiger partial charge < -0.3 is 4.74 Å². The molecule has 0 aliphatic rings. The van der Waals surface area contributed by atoms with Crippen LogP contribution in [0, 0.1) is 0 Å². The Bertz CT molecular complexity index is 1200. The number of ether oxygens (including phenoxy) is 1. The standard InChI is InChI=1S/C23H21N5O3/c1-2-31-19-13-11-18(12-14-19)23(30)26-25-22(29)17-9-7-16(8-10-17)15-28-21-6-4-3-5-20(21)24-27-28/h3-14H,2,15H2,1H3,(H,25,29)(H,26,30). The van der Waals surface area contributed by atoms with Crippen molar-refractivity contribution >= 4 is 22.8 Å². The van der Waals surface area contributed by atoms with E-state index in [2.05, 4.69) is 21.2 Å². The number of para-hydroxylation sites is 1. The molecule has 0 unspecified atom stereocenters. The summed E-state index contributed by atoms with van der Waals surface area (Å²) in [6.07, 6.45) is 0. The molecule has 4 rings (SSSR count). The highest BCUT2D eigenvalue weighted by Gasteiger charge is 2.10. The highest BCUT2D eigenvalue weighted by Crippen LogP contribution is 2.13.